The molecule has 0 aliphatic rings. The van der Waals surface area contributed by atoms with Crippen molar-refractivity contribution in [2.24, 2.45) is 4.99 Å². The fourth-order valence-electron chi connectivity index (χ4n) is 2.55. The number of hydrogen-bond acceptors (Lipinski definition) is 4. The van der Waals surface area contributed by atoms with Crippen LogP contribution in [0.15, 0.2) is 23.2 Å². The summed E-state index contributed by atoms with van der Waals surface area (Å²) < 4.78 is 10.5. The number of aliphatic imine (C=N–C) groups is 1. The molecule has 0 aromatic heterocycles. The first-order valence-electron chi connectivity index (χ1n) is 8.86. The summed E-state index contributed by atoms with van der Waals surface area (Å²) >= 11 is 0. The number of rotatable bonds is 11. The van der Waals surface area contributed by atoms with Crippen molar-refractivity contribution in [2.75, 3.05) is 61.1 Å². The number of nitrogens with zero attached hydrogens (tertiary/aromatic N) is 2. The Morgan fingerprint density at radius 3 is 2.60 bits per heavy atom. The summed E-state index contributed by atoms with van der Waals surface area (Å²) in [5, 5.41) is 6.72. The summed E-state index contributed by atoms with van der Waals surface area (Å²) in [5.41, 5.74) is 2.46. The van der Waals surface area contributed by atoms with Gasteiger partial charge in [-0.05, 0) is 45.0 Å². The van der Waals surface area contributed by atoms with E-state index < -0.39 is 0 Å². The minimum atomic E-state index is 0.773. The van der Waals surface area contributed by atoms with Crippen molar-refractivity contribution in [3.8, 4) is 5.75 Å². The van der Waals surface area contributed by atoms with E-state index in [1.54, 1.807) is 21.3 Å². The van der Waals surface area contributed by atoms with Gasteiger partial charge in [-0.15, -0.1) is 0 Å². The van der Waals surface area contributed by atoms with Gasteiger partial charge in [0.25, 0.3) is 0 Å². The number of ether oxygens (including phenoxy) is 2. The topological polar surface area (TPSA) is 58.1 Å². The molecule has 25 heavy (non-hydrogen) atoms. The van der Waals surface area contributed by atoms with Crippen molar-refractivity contribution in [3.05, 3.63) is 29.3 Å². The second-order valence-corrected chi connectivity index (χ2v) is 6.14. The summed E-state index contributed by atoms with van der Waals surface area (Å²) in [4.78, 5) is 6.54. The van der Waals surface area contributed by atoms with Gasteiger partial charge in [0.15, 0.2) is 5.96 Å². The summed E-state index contributed by atoms with van der Waals surface area (Å²) in [6.07, 6.45) is 1.96. The Hall–Kier alpha value is -1.79. The molecule has 0 aliphatic heterocycles. The van der Waals surface area contributed by atoms with Gasteiger partial charge in [0.05, 0.1) is 13.7 Å². The first-order chi connectivity index (χ1) is 12.1. The van der Waals surface area contributed by atoms with Crippen LogP contribution in [0.2, 0.25) is 0 Å². The van der Waals surface area contributed by atoms with E-state index in [1.165, 1.54) is 11.1 Å². The van der Waals surface area contributed by atoms with Gasteiger partial charge >= 0.3 is 0 Å². The number of benzene rings is 1. The van der Waals surface area contributed by atoms with Crippen LogP contribution in [-0.4, -0.2) is 72.0 Å². The number of nitrogens with one attached hydrogen (secondary N) is 2. The molecule has 0 radical (unpaired) electrons. The second-order valence-electron chi connectivity index (χ2n) is 6.14. The smallest absolute Gasteiger partial charge is 0.190 e. The first-order valence-corrected chi connectivity index (χ1v) is 8.86. The Morgan fingerprint density at radius 1 is 1.16 bits per heavy atom. The van der Waals surface area contributed by atoms with Crippen LogP contribution < -0.4 is 15.4 Å². The standard InChI is InChI=1S/C19H34N4O2/c1-16-7-8-18(25-5)17(15-16)9-11-22-19(20-2)21-10-6-12-23(3)13-14-24-4/h7-8,15H,6,9-14H2,1-5H3,(H2,20,21,22). The summed E-state index contributed by atoms with van der Waals surface area (Å²) in [7, 11) is 7.36. The molecule has 0 amide bonds. The zero-order valence-electron chi connectivity index (χ0n) is 16.4. The fraction of sp³-hybridized carbons (Fsp3) is 0.632. The van der Waals surface area contributed by atoms with E-state index in [-0.39, 0.29) is 0 Å². The first kappa shape index (κ1) is 21.3. The third-order valence-electron chi connectivity index (χ3n) is 4.03. The number of likely N-dealkylation sites (N-methyl/N-ethyl adjacent to an activating group) is 1. The van der Waals surface area contributed by atoms with Gasteiger partial charge in [0, 0.05) is 33.8 Å². The largest absolute Gasteiger partial charge is 0.496 e. The molecule has 0 bridgehead atoms. The maximum Gasteiger partial charge on any atom is 0.190 e. The number of methoxy groups -OCH3 is 2. The minimum Gasteiger partial charge on any atom is -0.496 e. The summed E-state index contributed by atoms with van der Waals surface area (Å²) in [5.74, 6) is 1.78. The summed E-state index contributed by atoms with van der Waals surface area (Å²) in [6.45, 7) is 6.57. The lowest BCUT2D eigenvalue weighted by atomic mass is 10.1. The third-order valence-corrected chi connectivity index (χ3v) is 4.03. The number of hydrogen-bond donors (Lipinski definition) is 2. The Labute approximate surface area is 152 Å². The van der Waals surface area contributed by atoms with Crippen molar-refractivity contribution < 1.29 is 9.47 Å². The van der Waals surface area contributed by atoms with Gasteiger partial charge < -0.3 is 25.0 Å². The lowest BCUT2D eigenvalue weighted by molar-refractivity contribution is 0.161. The molecule has 1 aromatic carbocycles. The van der Waals surface area contributed by atoms with Crippen LogP contribution in [0.3, 0.4) is 0 Å². The predicted molar refractivity (Wildman–Crippen MR) is 105 cm³/mol. The fourth-order valence-corrected chi connectivity index (χ4v) is 2.55. The van der Waals surface area contributed by atoms with Gasteiger partial charge in [0.2, 0.25) is 0 Å². The monoisotopic (exact) mass is 350 g/mol. The van der Waals surface area contributed by atoms with Crippen molar-refractivity contribution in [2.45, 2.75) is 19.8 Å². The molecule has 142 valence electrons. The Bertz CT molecular complexity index is 520. The van der Waals surface area contributed by atoms with Crippen LogP contribution >= 0.6 is 0 Å². The van der Waals surface area contributed by atoms with Crippen LogP contribution in [-0.2, 0) is 11.2 Å². The normalized spacial score (nSPS) is 11.7. The second kappa shape index (κ2) is 12.6. The van der Waals surface area contributed by atoms with Crippen molar-refractivity contribution in [3.63, 3.8) is 0 Å². The van der Waals surface area contributed by atoms with Crippen molar-refractivity contribution >= 4 is 5.96 Å². The maximum absolute atomic E-state index is 5.43. The van der Waals surface area contributed by atoms with Crippen LogP contribution in [0.1, 0.15) is 17.5 Å². The number of aryl methyl sites for hydroxylation is 1. The van der Waals surface area contributed by atoms with E-state index in [0.29, 0.717) is 0 Å². The van der Waals surface area contributed by atoms with Gasteiger partial charge in [-0.1, -0.05) is 17.7 Å². The molecule has 0 saturated heterocycles. The highest BCUT2D eigenvalue weighted by Crippen LogP contribution is 2.19. The molecule has 0 spiro atoms. The van der Waals surface area contributed by atoms with E-state index in [4.69, 9.17) is 9.47 Å². The SMILES string of the molecule is CN=C(NCCCN(C)CCOC)NCCc1cc(C)ccc1OC. The lowest BCUT2D eigenvalue weighted by Crippen LogP contribution is -2.39. The average Bonchev–Trinajstić information content (AvgIpc) is 2.62. The molecule has 6 nitrogen and oxygen atoms in total. The van der Waals surface area contributed by atoms with Crippen LogP contribution in [0, 0.1) is 6.92 Å². The zero-order chi connectivity index (χ0) is 18.5. The summed E-state index contributed by atoms with van der Waals surface area (Å²) in [6, 6.07) is 6.27. The van der Waals surface area contributed by atoms with Gasteiger partial charge in [0.1, 0.15) is 5.75 Å². The minimum absolute atomic E-state index is 0.773. The predicted octanol–water partition coefficient (Wildman–Crippen LogP) is 1.68. The molecule has 6 heteroatoms. The zero-order valence-corrected chi connectivity index (χ0v) is 16.4. The number of guanidine groups is 1. The van der Waals surface area contributed by atoms with Crippen molar-refractivity contribution in [1.29, 1.82) is 0 Å². The molecule has 1 rings (SSSR count). The molecular weight excluding hydrogens is 316 g/mol. The van der Waals surface area contributed by atoms with Gasteiger partial charge in [-0.2, -0.15) is 0 Å². The quantitative estimate of drug-likeness (QED) is 0.361. The van der Waals surface area contributed by atoms with E-state index in [0.717, 1.165) is 57.3 Å². The molecule has 0 atom stereocenters. The third kappa shape index (κ3) is 8.74. The highest BCUT2D eigenvalue weighted by Gasteiger charge is 2.04. The van der Waals surface area contributed by atoms with E-state index in [9.17, 15) is 0 Å². The highest BCUT2D eigenvalue weighted by atomic mass is 16.5. The van der Waals surface area contributed by atoms with E-state index >= 15 is 0 Å². The lowest BCUT2D eigenvalue weighted by Gasteiger charge is -2.17. The molecular formula is C19H34N4O2. The van der Waals surface area contributed by atoms with Crippen LogP contribution in [0.25, 0.3) is 0 Å². The van der Waals surface area contributed by atoms with Crippen LogP contribution in [0.5, 0.6) is 5.75 Å². The Morgan fingerprint density at radius 2 is 1.92 bits per heavy atom. The molecule has 2 N–H and O–H groups in total. The van der Waals surface area contributed by atoms with E-state index in [2.05, 4.69) is 46.6 Å². The van der Waals surface area contributed by atoms with Crippen LogP contribution in [0.4, 0.5) is 0 Å². The molecule has 0 aliphatic carbocycles. The van der Waals surface area contributed by atoms with Gasteiger partial charge in [-0.25, -0.2) is 0 Å². The molecule has 1 aromatic rings. The molecule has 0 unspecified atom stereocenters. The van der Waals surface area contributed by atoms with Crippen molar-refractivity contribution in [1.82, 2.24) is 15.5 Å². The van der Waals surface area contributed by atoms with Gasteiger partial charge in [-0.3, -0.25) is 4.99 Å². The Kier molecular flexibility index (Phi) is 10.7. The molecule has 0 saturated carbocycles. The highest BCUT2D eigenvalue weighted by molar-refractivity contribution is 5.79. The Balaban J connectivity index is 2.27. The average molecular weight is 351 g/mol. The van der Waals surface area contributed by atoms with E-state index in [1.807, 2.05) is 6.07 Å². The maximum atomic E-state index is 5.43. The molecule has 0 fully saturated rings. The molecule has 0 heterocycles.